The lowest BCUT2D eigenvalue weighted by Crippen LogP contribution is -2.23. The molecular formula is C12H12N2OS. The van der Waals surface area contributed by atoms with E-state index in [2.05, 4.69) is 4.99 Å². The number of amidine groups is 1. The number of likely N-dealkylation sites (N-methyl/N-ethyl adjacent to an activating group) is 1. The Morgan fingerprint density at radius 2 is 2.00 bits per heavy atom. The van der Waals surface area contributed by atoms with Gasteiger partial charge < -0.3 is 0 Å². The molecule has 0 radical (unpaired) electrons. The van der Waals surface area contributed by atoms with Gasteiger partial charge in [-0.05, 0) is 23.4 Å². The highest BCUT2D eigenvalue weighted by Gasteiger charge is 2.29. The third kappa shape index (κ3) is 2.02. The van der Waals surface area contributed by atoms with E-state index in [9.17, 15) is 4.79 Å². The van der Waals surface area contributed by atoms with Crippen molar-refractivity contribution in [2.24, 2.45) is 4.99 Å². The number of rotatable bonds is 1. The minimum Gasteiger partial charge on any atom is -0.290 e. The van der Waals surface area contributed by atoms with Crippen LogP contribution in [-0.4, -0.2) is 30.1 Å². The minimum atomic E-state index is 0.00875. The van der Waals surface area contributed by atoms with Crippen LogP contribution >= 0.6 is 11.8 Å². The van der Waals surface area contributed by atoms with Crippen molar-refractivity contribution >= 4 is 28.9 Å². The summed E-state index contributed by atoms with van der Waals surface area (Å²) in [5.41, 5.74) is 1.03. The summed E-state index contributed by atoms with van der Waals surface area (Å²) in [6.07, 6.45) is 1.89. The summed E-state index contributed by atoms with van der Waals surface area (Å²) in [6, 6.07) is 9.81. The lowest BCUT2D eigenvalue weighted by atomic mass is 10.2. The van der Waals surface area contributed by atoms with Gasteiger partial charge in [-0.2, -0.15) is 0 Å². The van der Waals surface area contributed by atoms with Crippen LogP contribution in [0.25, 0.3) is 6.08 Å². The van der Waals surface area contributed by atoms with Crippen LogP contribution in [-0.2, 0) is 4.79 Å². The van der Waals surface area contributed by atoms with Crippen molar-refractivity contribution in [1.82, 2.24) is 4.90 Å². The molecule has 1 saturated heterocycles. The fraction of sp³-hybridized carbons (Fsp3) is 0.167. The number of nitrogens with zero attached hydrogens (tertiary/aromatic N) is 2. The average Bonchev–Trinajstić information content (AvgIpc) is 2.58. The normalized spacial score (nSPS) is 21.1. The average molecular weight is 232 g/mol. The molecule has 0 unspecified atom stereocenters. The molecule has 0 bridgehead atoms. The van der Waals surface area contributed by atoms with Gasteiger partial charge in [0.2, 0.25) is 0 Å². The molecule has 0 spiro atoms. The number of amides is 1. The summed E-state index contributed by atoms with van der Waals surface area (Å²) in [6.45, 7) is 0. The molecule has 0 saturated carbocycles. The summed E-state index contributed by atoms with van der Waals surface area (Å²) in [5, 5.41) is 0.743. The second-order valence-electron chi connectivity index (χ2n) is 3.39. The molecule has 82 valence electrons. The van der Waals surface area contributed by atoms with Gasteiger partial charge in [0.05, 0.1) is 4.91 Å². The Labute approximate surface area is 98.9 Å². The number of carbonyl (C=O) groups excluding carboxylic acids is 1. The van der Waals surface area contributed by atoms with E-state index in [0.717, 1.165) is 10.7 Å². The third-order valence-corrected chi connectivity index (χ3v) is 3.44. The first-order chi connectivity index (χ1) is 7.72. The Balaban J connectivity index is 2.31. The van der Waals surface area contributed by atoms with Crippen LogP contribution in [0.1, 0.15) is 5.56 Å². The first kappa shape index (κ1) is 11.0. The summed E-state index contributed by atoms with van der Waals surface area (Å²) < 4.78 is 0. The zero-order valence-corrected chi connectivity index (χ0v) is 9.99. The molecule has 4 heteroatoms. The number of hydrogen-bond donors (Lipinski definition) is 0. The number of thioether (sulfide) groups is 1. The Bertz CT molecular complexity index is 465. The van der Waals surface area contributed by atoms with Crippen LogP contribution in [0.3, 0.4) is 0 Å². The predicted octanol–water partition coefficient (Wildman–Crippen LogP) is 2.22. The Hall–Kier alpha value is -1.55. The van der Waals surface area contributed by atoms with Crippen molar-refractivity contribution in [3.05, 3.63) is 40.8 Å². The molecule has 0 atom stereocenters. The lowest BCUT2D eigenvalue weighted by Gasteiger charge is -2.04. The first-order valence-corrected chi connectivity index (χ1v) is 5.73. The molecule has 1 amide bonds. The van der Waals surface area contributed by atoms with Crippen molar-refractivity contribution in [2.75, 3.05) is 14.1 Å². The fourth-order valence-electron chi connectivity index (χ4n) is 1.45. The first-order valence-electron chi connectivity index (χ1n) is 4.92. The maximum Gasteiger partial charge on any atom is 0.266 e. The molecular weight excluding hydrogens is 220 g/mol. The van der Waals surface area contributed by atoms with Crippen molar-refractivity contribution in [3.63, 3.8) is 0 Å². The van der Waals surface area contributed by atoms with Crippen molar-refractivity contribution in [1.29, 1.82) is 0 Å². The molecule has 1 aliphatic heterocycles. The second kappa shape index (κ2) is 4.53. The molecule has 16 heavy (non-hydrogen) atoms. The summed E-state index contributed by atoms with van der Waals surface area (Å²) in [4.78, 5) is 18.2. The molecule has 1 heterocycles. The minimum absolute atomic E-state index is 0.00875. The van der Waals surface area contributed by atoms with Crippen molar-refractivity contribution in [2.45, 2.75) is 0 Å². The number of benzene rings is 1. The number of aliphatic imine (C=N–C) groups is 1. The van der Waals surface area contributed by atoms with Gasteiger partial charge in [0.25, 0.3) is 5.91 Å². The Morgan fingerprint density at radius 3 is 2.56 bits per heavy atom. The highest BCUT2D eigenvalue weighted by Crippen LogP contribution is 2.30. The van der Waals surface area contributed by atoms with Gasteiger partial charge in [0.1, 0.15) is 0 Å². The molecule has 1 fully saturated rings. The van der Waals surface area contributed by atoms with Crippen LogP contribution < -0.4 is 0 Å². The van der Waals surface area contributed by atoms with Crippen LogP contribution in [0.15, 0.2) is 40.2 Å². The molecule has 1 aromatic rings. The molecule has 0 N–H and O–H groups in total. The monoisotopic (exact) mass is 232 g/mol. The summed E-state index contributed by atoms with van der Waals surface area (Å²) in [5.74, 6) is 0.00875. The quantitative estimate of drug-likeness (QED) is 0.695. The fourth-order valence-corrected chi connectivity index (χ4v) is 2.38. The Morgan fingerprint density at radius 1 is 1.31 bits per heavy atom. The van der Waals surface area contributed by atoms with Gasteiger partial charge in [-0.25, -0.2) is 0 Å². The van der Waals surface area contributed by atoms with E-state index in [4.69, 9.17) is 0 Å². The third-order valence-electron chi connectivity index (χ3n) is 2.29. The smallest absolute Gasteiger partial charge is 0.266 e. The van der Waals surface area contributed by atoms with Crippen LogP contribution in [0.2, 0.25) is 0 Å². The SMILES string of the molecule is CN=C1S/C(=C\c2ccccc2)C(=O)N1C. The predicted molar refractivity (Wildman–Crippen MR) is 68.1 cm³/mol. The Kier molecular flexibility index (Phi) is 3.10. The highest BCUT2D eigenvalue weighted by atomic mass is 32.2. The van der Waals surface area contributed by atoms with E-state index in [-0.39, 0.29) is 5.91 Å². The number of hydrogen-bond acceptors (Lipinski definition) is 3. The summed E-state index contributed by atoms with van der Waals surface area (Å²) in [7, 11) is 3.43. The van der Waals surface area contributed by atoms with Crippen LogP contribution in [0.4, 0.5) is 0 Å². The van der Waals surface area contributed by atoms with Gasteiger partial charge in [0.15, 0.2) is 5.17 Å². The topological polar surface area (TPSA) is 32.7 Å². The van der Waals surface area contributed by atoms with E-state index < -0.39 is 0 Å². The van der Waals surface area contributed by atoms with E-state index in [1.165, 1.54) is 11.8 Å². The van der Waals surface area contributed by atoms with E-state index in [1.54, 1.807) is 19.0 Å². The second-order valence-corrected chi connectivity index (χ2v) is 4.40. The largest absolute Gasteiger partial charge is 0.290 e. The molecule has 0 aromatic heterocycles. The highest BCUT2D eigenvalue weighted by molar-refractivity contribution is 8.18. The molecule has 1 aromatic carbocycles. The van der Waals surface area contributed by atoms with Crippen molar-refractivity contribution < 1.29 is 4.79 Å². The van der Waals surface area contributed by atoms with Gasteiger partial charge >= 0.3 is 0 Å². The maximum atomic E-state index is 11.8. The van der Waals surface area contributed by atoms with Gasteiger partial charge in [0, 0.05) is 14.1 Å². The summed E-state index contributed by atoms with van der Waals surface area (Å²) >= 11 is 1.41. The van der Waals surface area contributed by atoms with Gasteiger partial charge in [-0.15, -0.1) is 0 Å². The molecule has 0 aliphatic carbocycles. The molecule has 1 aliphatic rings. The van der Waals surface area contributed by atoms with Gasteiger partial charge in [-0.1, -0.05) is 30.3 Å². The van der Waals surface area contributed by atoms with Crippen LogP contribution in [0, 0.1) is 0 Å². The number of carbonyl (C=O) groups is 1. The van der Waals surface area contributed by atoms with Crippen molar-refractivity contribution in [3.8, 4) is 0 Å². The van der Waals surface area contributed by atoms with Gasteiger partial charge in [-0.3, -0.25) is 14.7 Å². The van der Waals surface area contributed by atoms with E-state index in [0.29, 0.717) is 4.91 Å². The van der Waals surface area contributed by atoms with E-state index >= 15 is 0 Å². The zero-order chi connectivity index (χ0) is 11.5. The maximum absolute atomic E-state index is 11.8. The zero-order valence-electron chi connectivity index (χ0n) is 9.18. The van der Waals surface area contributed by atoms with Crippen LogP contribution in [0.5, 0.6) is 0 Å². The molecule has 3 nitrogen and oxygen atoms in total. The molecule has 2 rings (SSSR count). The lowest BCUT2D eigenvalue weighted by molar-refractivity contribution is -0.121. The standard InChI is InChI=1S/C12H12N2OS/c1-13-12-14(2)11(15)10(16-12)8-9-6-4-3-5-7-9/h3-8H,1-2H3/b10-8-,13-12?. The van der Waals surface area contributed by atoms with E-state index in [1.807, 2.05) is 36.4 Å².